The summed E-state index contributed by atoms with van der Waals surface area (Å²) < 4.78 is 1.09. The number of aryl methyl sites for hydroxylation is 1. The Bertz CT molecular complexity index is 595. The van der Waals surface area contributed by atoms with E-state index in [0.717, 1.165) is 11.0 Å². The first-order valence-electron chi connectivity index (χ1n) is 7.37. The SMILES string of the molecule is CCN(c1cccc(C)c1)C(c1cccc(Br)c1)C(C)N. The number of hydrogen-bond acceptors (Lipinski definition) is 2. The van der Waals surface area contributed by atoms with Crippen LogP contribution in [-0.4, -0.2) is 12.6 Å². The summed E-state index contributed by atoms with van der Waals surface area (Å²) in [5, 5.41) is 0. The molecule has 0 saturated carbocycles. The first kappa shape index (κ1) is 16.1. The smallest absolute Gasteiger partial charge is 0.0691 e. The minimum atomic E-state index is 0.0414. The van der Waals surface area contributed by atoms with E-state index in [4.69, 9.17) is 5.73 Å². The van der Waals surface area contributed by atoms with Crippen LogP contribution in [0.15, 0.2) is 53.0 Å². The highest BCUT2D eigenvalue weighted by Crippen LogP contribution is 2.30. The topological polar surface area (TPSA) is 29.3 Å². The van der Waals surface area contributed by atoms with Gasteiger partial charge in [-0.3, -0.25) is 0 Å². The summed E-state index contributed by atoms with van der Waals surface area (Å²) in [6.07, 6.45) is 0. The fraction of sp³-hybridized carbons (Fsp3) is 0.333. The van der Waals surface area contributed by atoms with E-state index in [1.54, 1.807) is 0 Å². The lowest BCUT2D eigenvalue weighted by molar-refractivity contribution is 0.537. The fourth-order valence-electron chi connectivity index (χ4n) is 2.80. The van der Waals surface area contributed by atoms with Crippen LogP contribution in [0.3, 0.4) is 0 Å². The van der Waals surface area contributed by atoms with Gasteiger partial charge in [-0.15, -0.1) is 0 Å². The normalized spacial score (nSPS) is 13.8. The monoisotopic (exact) mass is 346 g/mol. The summed E-state index contributed by atoms with van der Waals surface area (Å²) in [6, 6.07) is 17.2. The zero-order valence-electron chi connectivity index (χ0n) is 12.9. The van der Waals surface area contributed by atoms with E-state index in [2.05, 4.69) is 84.1 Å². The Morgan fingerprint density at radius 3 is 2.43 bits per heavy atom. The van der Waals surface area contributed by atoms with Crippen LogP contribution in [0, 0.1) is 6.92 Å². The van der Waals surface area contributed by atoms with Crippen LogP contribution in [0.5, 0.6) is 0 Å². The summed E-state index contributed by atoms with van der Waals surface area (Å²) in [5.41, 5.74) is 10.0. The molecule has 2 nitrogen and oxygen atoms in total. The van der Waals surface area contributed by atoms with Crippen molar-refractivity contribution in [2.24, 2.45) is 5.73 Å². The molecule has 2 atom stereocenters. The summed E-state index contributed by atoms with van der Waals surface area (Å²) in [5.74, 6) is 0. The Kier molecular flexibility index (Phi) is 5.43. The van der Waals surface area contributed by atoms with E-state index in [1.807, 2.05) is 6.07 Å². The summed E-state index contributed by atoms with van der Waals surface area (Å²) in [7, 11) is 0. The molecule has 2 rings (SSSR count). The predicted molar refractivity (Wildman–Crippen MR) is 94.7 cm³/mol. The number of nitrogens with zero attached hydrogens (tertiary/aromatic N) is 1. The van der Waals surface area contributed by atoms with Crippen LogP contribution in [0.2, 0.25) is 0 Å². The first-order chi connectivity index (χ1) is 10.0. The lowest BCUT2D eigenvalue weighted by Crippen LogP contribution is -2.39. The maximum Gasteiger partial charge on any atom is 0.0691 e. The second-order valence-electron chi connectivity index (χ2n) is 5.48. The third-order valence-corrected chi connectivity index (χ3v) is 4.19. The maximum atomic E-state index is 6.31. The van der Waals surface area contributed by atoms with Crippen molar-refractivity contribution >= 4 is 21.6 Å². The standard InChI is InChI=1S/C18H23BrN2/c1-4-21(17-10-5-7-13(2)11-17)18(14(3)20)15-8-6-9-16(19)12-15/h5-12,14,18H,4,20H2,1-3H3. The lowest BCUT2D eigenvalue weighted by Gasteiger charge is -2.36. The van der Waals surface area contributed by atoms with Crippen molar-refractivity contribution in [2.45, 2.75) is 32.9 Å². The third kappa shape index (κ3) is 3.86. The van der Waals surface area contributed by atoms with Crippen molar-refractivity contribution in [1.29, 1.82) is 0 Å². The predicted octanol–water partition coefficient (Wildman–Crippen LogP) is 4.67. The van der Waals surface area contributed by atoms with E-state index >= 15 is 0 Å². The zero-order chi connectivity index (χ0) is 15.4. The molecule has 2 aromatic rings. The second kappa shape index (κ2) is 7.10. The molecule has 0 radical (unpaired) electrons. The van der Waals surface area contributed by atoms with Crippen LogP contribution >= 0.6 is 15.9 Å². The largest absolute Gasteiger partial charge is 0.363 e. The van der Waals surface area contributed by atoms with Gasteiger partial charge in [-0.2, -0.15) is 0 Å². The average Bonchev–Trinajstić information content (AvgIpc) is 2.44. The molecule has 3 heteroatoms. The number of halogens is 1. The van der Waals surface area contributed by atoms with Crippen LogP contribution in [0.1, 0.15) is 31.0 Å². The van der Waals surface area contributed by atoms with E-state index in [0.29, 0.717) is 0 Å². The highest BCUT2D eigenvalue weighted by atomic mass is 79.9. The molecule has 112 valence electrons. The van der Waals surface area contributed by atoms with Gasteiger partial charge in [0.2, 0.25) is 0 Å². The van der Waals surface area contributed by atoms with Gasteiger partial charge in [0.1, 0.15) is 0 Å². The fourth-order valence-corrected chi connectivity index (χ4v) is 3.22. The van der Waals surface area contributed by atoms with Gasteiger partial charge in [0.05, 0.1) is 6.04 Å². The molecule has 2 unspecified atom stereocenters. The number of rotatable bonds is 5. The molecule has 0 saturated heterocycles. The Balaban J connectivity index is 2.44. The van der Waals surface area contributed by atoms with Gasteiger partial charge in [-0.1, -0.05) is 40.2 Å². The van der Waals surface area contributed by atoms with Crippen LogP contribution in [0.4, 0.5) is 5.69 Å². The number of likely N-dealkylation sites (N-methyl/N-ethyl adjacent to an activating group) is 1. The van der Waals surface area contributed by atoms with Gasteiger partial charge < -0.3 is 10.6 Å². The molecule has 0 bridgehead atoms. The van der Waals surface area contributed by atoms with Gasteiger partial charge in [-0.05, 0) is 56.2 Å². The van der Waals surface area contributed by atoms with E-state index in [-0.39, 0.29) is 12.1 Å². The maximum absolute atomic E-state index is 6.31. The number of nitrogens with two attached hydrogens (primary N) is 1. The van der Waals surface area contributed by atoms with E-state index in [9.17, 15) is 0 Å². The van der Waals surface area contributed by atoms with Crippen LogP contribution < -0.4 is 10.6 Å². The molecule has 2 N–H and O–H groups in total. The lowest BCUT2D eigenvalue weighted by atomic mass is 9.98. The van der Waals surface area contributed by atoms with Gasteiger partial charge in [0.15, 0.2) is 0 Å². The molecule has 0 aliphatic heterocycles. The number of anilines is 1. The summed E-state index contributed by atoms with van der Waals surface area (Å²) in [6.45, 7) is 7.29. The number of benzene rings is 2. The summed E-state index contributed by atoms with van der Waals surface area (Å²) in [4.78, 5) is 2.37. The molecule has 2 aromatic carbocycles. The highest BCUT2D eigenvalue weighted by molar-refractivity contribution is 9.10. The molecule has 0 spiro atoms. The molecule has 0 amide bonds. The van der Waals surface area contributed by atoms with Crippen molar-refractivity contribution < 1.29 is 0 Å². The molecular weight excluding hydrogens is 324 g/mol. The summed E-state index contributed by atoms with van der Waals surface area (Å²) >= 11 is 3.56. The van der Waals surface area contributed by atoms with Crippen molar-refractivity contribution in [3.63, 3.8) is 0 Å². The van der Waals surface area contributed by atoms with E-state index < -0.39 is 0 Å². The van der Waals surface area contributed by atoms with Gasteiger partial charge in [0, 0.05) is 22.7 Å². The Labute approximate surface area is 136 Å². The molecule has 0 fully saturated rings. The number of hydrogen-bond donors (Lipinski definition) is 1. The zero-order valence-corrected chi connectivity index (χ0v) is 14.5. The molecular formula is C18H23BrN2. The third-order valence-electron chi connectivity index (χ3n) is 3.70. The van der Waals surface area contributed by atoms with Crippen LogP contribution in [-0.2, 0) is 0 Å². The van der Waals surface area contributed by atoms with Crippen molar-refractivity contribution in [1.82, 2.24) is 0 Å². The van der Waals surface area contributed by atoms with Gasteiger partial charge in [0.25, 0.3) is 0 Å². The highest BCUT2D eigenvalue weighted by Gasteiger charge is 2.23. The molecule has 0 aromatic heterocycles. The molecule has 0 aliphatic rings. The van der Waals surface area contributed by atoms with Crippen LogP contribution in [0.25, 0.3) is 0 Å². The Hall–Kier alpha value is -1.32. The Morgan fingerprint density at radius 2 is 1.86 bits per heavy atom. The van der Waals surface area contributed by atoms with Crippen molar-refractivity contribution in [3.8, 4) is 0 Å². The van der Waals surface area contributed by atoms with Crippen molar-refractivity contribution in [3.05, 3.63) is 64.1 Å². The average molecular weight is 347 g/mol. The minimum absolute atomic E-state index is 0.0414. The van der Waals surface area contributed by atoms with E-state index in [1.165, 1.54) is 16.8 Å². The molecule has 0 aliphatic carbocycles. The van der Waals surface area contributed by atoms with Gasteiger partial charge in [-0.25, -0.2) is 0 Å². The first-order valence-corrected chi connectivity index (χ1v) is 8.16. The Morgan fingerprint density at radius 1 is 1.14 bits per heavy atom. The quantitative estimate of drug-likeness (QED) is 0.851. The molecule has 21 heavy (non-hydrogen) atoms. The second-order valence-corrected chi connectivity index (χ2v) is 6.40. The van der Waals surface area contributed by atoms with Gasteiger partial charge >= 0.3 is 0 Å². The van der Waals surface area contributed by atoms with Crippen molar-refractivity contribution in [2.75, 3.05) is 11.4 Å². The minimum Gasteiger partial charge on any atom is -0.363 e. The molecule has 0 heterocycles.